The zero-order valence-electron chi connectivity index (χ0n) is 18.0. The number of nitrogens with zero attached hydrogens (tertiary/aromatic N) is 4. The van der Waals surface area contributed by atoms with Crippen LogP contribution in [0.15, 0.2) is 47.5 Å². The monoisotopic (exact) mass is 418 g/mol. The maximum Gasteiger partial charge on any atom is 0.253 e. The number of aromatic nitrogens is 5. The third-order valence-corrected chi connectivity index (χ3v) is 5.60. The molecule has 1 amide bonds. The summed E-state index contributed by atoms with van der Waals surface area (Å²) in [7, 11) is 1.81. The number of aromatic amines is 1. The third-order valence-electron chi connectivity index (χ3n) is 5.60. The second-order valence-corrected chi connectivity index (χ2v) is 7.71. The molecule has 4 aromatic rings. The predicted octanol–water partition coefficient (Wildman–Crippen LogP) is 2.36. The summed E-state index contributed by atoms with van der Waals surface area (Å²) in [5, 5.41) is 12.5. The van der Waals surface area contributed by atoms with Gasteiger partial charge >= 0.3 is 0 Å². The van der Waals surface area contributed by atoms with Gasteiger partial charge in [0, 0.05) is 43.4 Å². The van der Waals surface area contributed by atoms with E-state index in [0.717, 1.165) is 34.3 Å². The van der Waals surface area contributed by atoms with Crippen LogP contribution < -0.4 is 10.9 Å². The number of pyridine rings is 1. The fourth-order valence-electron chi connectivity index (χ4n) is 3.97. The molecule has 0 fully saturated rings. The van der Waals surface area contributed by atoms with Gasteiger partial charge < -0.3 is 10.3 Å². The average molecular weight is 419 g/mol. The Morgan fingerprint density at radius 1 is 1.16 bits per heavy atom. The molecule has 0 aliphatic carbocycles. The van der Waals surface area contributed by atoms with Crippen LogP contribution >= 0.6 is 0 Å². The van der Waals surface area contributed by atoms with Crippen LogP contribution in [0.5, 0.6) is 0 Å². The van der Waals surface area contributed by atoms with Gasteiger partial charge in [-0.05, 0) is 56.0 Å². The number of hydrogen-bond donors (Lipinski definition) is 2. The molecule has 0 saturated heterocycles. The van der Waals surface area contributed by atoms with Crippen molar-refractivity contribution in [2.75, 3.05) is 6.54 Å². The van der Waals surface area contributed by atoms with E-state index >= 15 is 0 Å². The first-order chi connectivity index (χ1) is 14.9. The normalized spacial score (nSPS) is 11.2. The molecule has 0 radical (unpaired) electrons. The summed E-state index contributed by atoms with van der Waals surface area (Å²) in [6.45, 7) is 4.40. The summed E-state index contributed by atoms with van der Waals surface area (Å²) in [6, 6.07) is 9.98. The van der Waals surface area contributed by atoms with Crippen molar-refractivity contribution in [2.24, 2.45) is 7.05 Å². The topological polar surface area (TPSA) is 97.6 Å². The highest BCUT2D eigenvalue weighted by Crippen LogP contribution is 2.21. The summed E-state index contributed by atoms with van der Waals surface area (Å²) >= 11 is 0. The Morgan fingerprint density at radius 3 is 2.65 bits per heavy atom. The van der Waals surface area contributed by atoms with Gasteiger partial charge in [-0.1, -0.05) is 12.1 Å². The number of carbonyl (C=O) groups is 1. The molecule has 1 aromatic carbocycles. The maximum absolute atomic E-state index is 12.5. The van der Waals surface area contributed by atoms with E-state index in [1.807, 2.05) is 57.4 Å². The van der Waals surface area contributed by atoms with Gasteiger partial charge in [-0.2, -0.15) is 10.2 Å². The zero-order valence-corrected chi connectivity index (χ0v) is 18.0. The number of rotatable bonds is 7. The first-order valence-electron chi connectivity index (χ1n) is 10.3. The molecule has 160 valence electrons. The molecule has 0 aliphatic rings. The van der Waals surface area contributed by atoms with E-state index in [-0.39, 0.29) is 17.9 Å². The van der Waals surface area contributed by atoms with Crippen molar-refractivity contribution >= 4 is 16.9 Å². The van der Waals surface area contributed by atoms with Crippen LogP contribution in [0.2, 0.25) is 0 Å². The van der Waals surface area contributed by atoms with E-state index in [1.165, 1.54) is 0 Å². The summed E-state index contributed by atoms with van der Waals surface area (Å²) in [5.41, 5.74) is 5.11. The van der Waals surface area contributed by atoms with Crippen LogP contribution in [0.25, 0.3) is 16.7 Å². The van der Waals surface area contributed by atoms with E-state index in [0.29, 0.717) is 24.2 Å². The largest absolute Gasteiger partial charge is 0.356 e. The number of H-pyrrole nitrogens is 1. The van der Waals surface area contributed by atoms with Crippen molar-refractivity contribution in [1.82, 2.24) is 29.9 Å². The Balaban J connectivity index is 1.32. The lowest BCUT2D eigenvalue weighted by molar-refractivity contribution is -0.121. The molecule has 3 heterocycles. The predicted molar refractivity (Wildman–Crippen MR) is 119 cm³/mol. The fourth-order valence-corrected chi connectivity index (χ4v) is 3.97. The SMILES string of the molecule is Cc1nn(C)c2[nH]c(=O)c(CCC(=O)NCCc3ccc(-n4cccn4)cc3)c(C)c12. The number of fused-ring (bicyclic) bond motifs is 1. The van der Waals surface area contributed by atoms with Gasteiger partial charge in [0.1, 0.15) is 5.65 Å². The molecule has 2 N–H and O–H groups in total. The van der Waals surface area contributed by atoms with E-state index in [4.69, 9.17) is 0 Å². The maximum atomic E-state index is 12.5. The van der Waals surface area contributed by atoms with Crippen molar-refractivity contribution < 1.29 is 4.79 Å². The number of hydrogen-bond acceptors (Lipinski definition) is 4. The van der Waals surface area contributed by atoms with Gasteiger partial charge in [-0.15, -0.1) is 0 Å². The van der Waals surface area contributed by atoms with E-state index in [2.05, 4.69) is 20.5 Å². The summed E-state index contributed by atoms with van der Waals surface area (Å²) in [5.74, 6) is -0.0602. The fraction of sp³-hybridized carbons (Fsp3) is 0.304. The summed E-state index contributed by atoms with van der Waals surface area (Å²) < 4.78 is 3.48. The Kier molecular flexibility index (Phi) is 5.70. The van der Waals surface area contributed by atoms with Gasteiger partial charge in [-0.25, -0.2) is 4.68 Å². The third kappa shape index (κ3) is 4.28. The number of nitrogens with one attached hydrogen (secondary N) is 2. The quantitative estimate of drug-likeness (QED) is 0.481. The molecule has 0 bridgehead atoms. The van der Waals surface area contributed by atoms with Crippen molar-refractivity contribution in [3.63, 3.8) is 0 Å². The molecule has 8 nitrogen and oxygen atoms in total. The standard InChI is InChI=1S/C23H26N6O2/c1-15-19(23(31)26-22-21(15)16(2)27-28(22)3)9-10-20(30)24-13-11-17-5-7-18(8-6-17)29-14-4-12-25-29/h4-8,12,14H,9-11,13H2,1-3H3,(H,24,30)(H,26,31). The van der Waals surface area contributed by atoms with Gasteiger partial charge in [0.15, 0.2) is 0 Å². The van der Waals surface area contributed by atoms with Crippen LogP contribution in [0.4, 0.5) is 0 Å². The molecule has 8 heteroatoms. The zero-order chi connectivity index (χ0) is 22.0. The van der Waals surface area contributed by atoms with Crippen molar-refractivity contribution in [2.45, 2.75) is 33.1 Å². The smallest absolute Gasteiger partial charge is 0.253 e. The second kappa shape index (κ2) is 8.59. The van der Waals surface area contributed by atoms with Crippen molar-refractivity contribution in [3.8, 4) is 5.69 Å². The first-order valence-corrected chi connectivity index (χ1v) is 10.3. The van der Waals surface area contributed by atoms with Crippen LogP contribution in [-0.4, -0.2) is 37.0 Å². The van der Waals surface area contributed by atoms with Crippen molar-refractivity contribution in [1.29, 1.82) is 0 Å². The van der Waals surface area contributed by atoms with Crippen LogP contribution in [-0.2, 0) is 24.7 Å². The lowest BCUT2D eigenvalue weighted by Gasteiger charge is -2.09. The highest BCUT2D eigenvalue weighted by molar-refractivity contribution is 5.83. The van der Waals surface area contributed by atoms with E-state index in [9.17, 15) is 9.59 Å². The van der Waals surface area contributed by atoms with Crippen LogP contribution in [0.1, 0.15) is 28.8 Å². The molecule has 4 rings (SSSR count). The Hall–Kier alpha value is -3.68. The average Bonchev–Trinajstić information content (AvgIpc) is 3.37. The molecular formula is C23H26N6O2. The summed E-state index contributed by atoms with van der Waals surface area (Å²) in [6.07, 6.45) is 5.05. The molecule has 3 aromatic heterocycles. The molecular weight excluding hydrogens is 392 g/mol. The molecule has 0 unspecified atom stereocenters. The van der Waals surface area contributed by atoms with E-state index in [1.54, 1.807) is 15.6 Å². The molecule has 0 atom stereocenters. The van der Waals surface area contributed by atoms with Gasteiger partial charge in [0.25, 0.3) is 5.56 Å². The van der Waals surface area contributed by atoms with Gasteiger partial charge in [0.05, 0.1) is 11.4 Å². The van der Waals surface area contributed by atoms with Gasteiger partial charge in [0.2, 0.25) is 5.91 Å². The number of benzene rings is 1. The van der Waals surface area contributed by atoms with E-state index < -0.39 is 0 Å². The Bertz CT molecular complexity index is 1270. The second-order valence-electron chi connectivity index (χ2n) is 7.71. The van der Waals surface area contributed by atoms with Crippen LogP contribution in [0, 0.1) is 13.8 Å². The summed E-state index contributed by atoms with van der Waals surface area (Å²) in [4.78, 5) is 27.7. The number of carbonyl (C=O) groups excluding carboxylic acids is 1. The minimum atomic E-state index is -0.155. The van der Waals surface area contributed by atoms with Crippen molar-refractivity contribution in [3.05, 3.63) is 75.5 Å². The number of aryl methyl sites for hydroxylation is 3. The minimum Gasteiger partial charge on any atom is -0.356 e. The molecule has 0 spiro atoms. The minimum absolute atomic E-state index is 0.0602. The molecule has 31 heavy (non-hydrogen) atoms. The molecule has 0 aliphatic heterocycles. The number of amides is 1. The highest BCUT2D eigenvalue weighted by atomic mass is 16.1. The first kappa shape index (κ1) is 20.6. The Labute approximate surface area is 179 Å². The van der Waals surface area contributed by atoms with Gasteiger partial charge in [-0.3, -0.25) is 14.3 Å². The molecule has 0 saturated carbocycles. The van der Waals surface area contributed by atoms with Crippen LogP contribution in [0.3, 0.4) is 0 Å². The Morgan fingerprint density at radius 2 is 1.94 bits per heavy atom. The lowest BCUT2D eigenvalue weighted by Crippen LogP contribution is -2.27. The lowest BCUT2D eigenvalue weighted by atomic mass is 10.0. The highest BCUT2D eigenvalue weighted by Gasteiger charge is 2.15.